The molecule has 6 heteroatoms. The minimum atomic E-state index is -0.0270. The monoisotopic (exact) mass is 1650 g/mol. The summed E-state index contributed by atoms with van der Waals surface area (Å²) in [5.41, 5.74) is 43.4. The fraction of sp³-hybridized carbons (Fsp3) is 0.0732. The fourth-order valence-corrected chi connectivity index (χ4v) is 19.4. The Labute approximate surface area is 755 Å². The van der Waals surface area contributed by atoms with Crippen LogP contribution in [0.1, 0.15) is 74.9 Å². The predicted octanol–water partition coefficient (Wildman–Crippen LogP) is 31.7. The van der Waals surface area contributed by atoms with Crippen LogP contribution in [0.4, 0.5) is 0 Å². The molecule has 0 saturated heterocycles. The van der Waals surface area contributed by atoms with Crippen molar-refractivity contribution in [1.82, 2.24) is 29.9 Å². The quantitative estimate of drug-likeness (QED) is 0.108. The third-order valence-electron chi connectivity index (χ3n) is 26.2. The van der Waals surface area contributed by atoms with Gasteiger partial charge < -0.3 is 0 Å². The lowest BCUT2D eigenvalue weighted by Crippen LogP contribution is -2.14. The summed E-state index contributed by atoms with van der Waals surface area (Å²) in [6, 6.07) is 159. The molecular formula is C123H92N6. The van der Waals surface area contributed by atoms with E-state index in [1.54, 1.807) is 0 Å². The molecule has 0 aliphatic heterocycles. The summed E-state index contributed by atoms with van der Waals surface area (Å²) in [4.78, 5) is 30.2. The molecule has 0 atom stereocenters. The molecule has 0 fully saturated rings. The second-order valence-electron chi connectivity index (χ2n) is 35.2. The number of hydrogen-bond acceptors (Lipinski definition) is 6. The maximum absolute atomic E-state index is 5.06. The van der Waals surface area contributed by atoms with Crippen molar-refractivity contribution in [2.24, 2.45) is 0 Å². The SMILES string of the molecule is CC1(C)c2ccccc2-c2c(-c3ccc(-c4cccc(-c5nc(-c6ccccc6)cc(-c6ccccc6)n5)c4)cc3)cccc21.CC1(C)c2ccccc2-c2c(-c3ccc(-c4nc(-c5ccccc5)cc(-c5ccccc5)n4)cc3)cccc21.CC1(C)c2ccccc2-c2c(-c3cccc(-c4cccc(-c5nc(-c6ccccc6)cc(-c6ccccc6)n5)c4)c3)cccc21. The van der Waals surface area contributed by atoms with Crippen LogP contribution in [-0.2, 0) is 16.2 Å². The van der Waals surface area contributed by atoms with Gasteiger partial charge in [-0.3, -0.25) is 0 Å². The number of benzene rings is 17. The van der Waals surface area contributed by atoms with Crippen molar-refractivity contribution in [3.63, 3.8) is 0 Å². The Hall–Kier alpha value is -16.0. The molecule has 0 spiro atoms. The number of nitrogens with zero attached hydrogens (tertiary/aromatic N) is 6. The molecular weight excluding hydrogens is 1560 g/mol. The van der Waals surface area contributed by atoms with Crippen LogP contribution < -0.4 is 0 Å². The van der Waals surface area contributed by atoms with Gasteiger partial charge in [0.1, 0.15) is 0 Å². The summed E-state index contributed by atoms with van der Waals surface area (Å²) < 4.78 is 0. The van der Waals surface area contributed by atoms with Crippen molar-refractivity contribution in [3.05, 3.63) is 482 Å². The Balaban J connectivity index is 0.000000118. The number of rotatable bonds is 14. The van der Waals surface area contributed by atoms with Crippen LogP contribution in [-0.4, -0.2) is 29.9 Å². The zero-order valence-corrected chi connectivity index (χ0v) is 72.9. The summed E-state index contributed by atoms with van der Waals surface area (Å²) in [5.74, 6) is 2.16. The largest absolute Gasteiger partial charge is 0.228 e. The number of fused-ring (bicyclic) bond motifs is 9. The minimum Gasteiger partial charge on any atom is -0.228 e. The van der Waals surface area contributed by atoms with Gasteiger partial charge in [-0.25, -0.2) is 29.9 Å². The van der Waals surface area contributed by atoms with Gasteiger partial charge >= 0.3 is 0 Å². The van der Waals surface area contributed by atoms with E-state index in [0.29, 0.717) is 5.82 Å². The van der Waals surface area contributed by atoms with Crippen LogP contribution in [0.5, 0.6) is 0 Å². The summed E-state index contributed by atoms with van der Waals surface area (Å²) in [6.07, 6.45) is 0. The van der Waals surface area contributed by atoms with Gasteiger partial charge in [0, 0.05) is 66.3 Å². The Morgan fingerprint density at radius 3 is 0.628 bits per heavy atom. The molecule has 0 amide bonds. The summed E-state index contributed by atoms with van der Waals surface area (Å²) in [7, 11) is 0. The molecule has 0 bridgehead atoms. The Kier molecular flexibility index (Phi) is 21.0. The molecule has 0 N–H and O–H groups in total. The molecule has 0 saturated carbocycles. The van der Waals surface area contributed by atoms with Crippen LogP contribution >= 0.6 is 0 Å². The van der Waals surface area contributed by atoms with E-state index in [-0.39, 0.29) is 16.2 Å². The van der Waals surface area contributed by atoms with Gasteiger partial charge in [-0.2, -0.15) is 0 Å². The maximum Gasteiger partial charge on any atom is 0.160 e. The van der Waals surface area contributed by atoms with E-state index in [1.165, 1.54) is 106 Å². The average Bonchev–Trinajstić information content (AvgIpc) is 1.58. The van der Waals surface area contributed by atoms with Gasteiger partial charge in [0.25, 0.3) is 0 Å². The Bertz CT molecular complexity index is 7400. The number of aromatic nitrogens is 6. The van der Waals surface area contributed by atoms with E-state index in [0.717, 1.165) is 113 Å². The highest BCUT2D eigenvalue weighted by Crippen LogP contribution is 2.56. The molecule has 17 aromatic carbocycles. The highest BCUT2D eigenvalue weighted by molar-refractivity contribution is 5.97. The molecule has 3 aliphatic rings. The van der Waals surface area contributed by atoms with E-state index in [1.807, 2.05) is 84.9 Å². The molecule has 0 radical (unpaired) electrons. The second-order valence-corrected chi connectivity index (χ2v) is 35.2. The van der Waals surface area contributed by atoms with Gasteiger partial charge in [0.15, 0.2) is 17.5 Å². The average molecular weight is 1650 g/mol. The van der Waals surface area contributed by atoms with E-state index in [4.69, 9.17) is 29.9 Å². The third kappa shape index (κ3) is 15.4. The summed E-state index contributed by atoms with van der Waals surface area (Å²) in [6.45, 7) is 14.0. The highest BCUT2D eigenvalue weighted by atomic mass is 14.9. The highest BCUT2D eigenvalue weighted by Gasteiger charge is 2.40. The number of hydrogen-bond donors (Lipinski definition) is 0. The van der Waals surface area contributed by atoms with Crippen LogP contribution in [0, 0.1) is 0 Å². The standard InChI is InChI=1S/2C43H32N2.C37H28N2/c1-43(2)37-24-10-9-22-36(37)41-35(23-13-25-38(41)43)33-20-11-18-31(26-33)32-19-12-21-34(27-32)42-44-39(29-14-5-3-6-15-29)28-40(45-42)30-16-7-4-8-17-30;1-43(2)37-21-10-9-19-36(37)41-35(20-12-22-38(41)43)30-25-23-29(24-26-30)33-17-11-18-34(27-33)42-44-39(31-13-5-3-6-14-31)28-40(45-42)32-15-7-4-8-16-32;1-37(2)31-18-10-9-16-30(31)35-29(17-11-19-32(35)37)25-20-22-28(23-21-25)36-38-33(26-12-5-3-6-13-26)24-34(39-36)27-14-7-4-8-15-27/h2*3-28H,1-2H3;3-24H,1-2H3. The zero-order valence-electron chi connectivity index (χ0n) is 72.9. The topological polar surface area (TPSA) is 77.3 Å². The summed E-state index contributed by atoms with van der Waals surface area (Å²) in [5, 5.41) is 0. The van der Waals surface area contributed by atoms with Gasteiger partial charge in [-0.15, -0.1) is 0 Å². The van der Waals surface area contributed by atoms with Crippen LogP contribution in [0.25, 0.3) is 191 Å². The van der Waals surface area contributed by atoms with Crippen molar-refractivity contribution in [2.75, 3.05) is 0 Å². The van der Waals surface area contributed by atoms with Crippen molar-refractivity contribution in [1.29, 1.82) is 0 Å². The molecule has 3 aliphatic carbocycles. The lowest BCUT2D eigenvalue weighted by atomic mass is 9.82. The molecule has 129 heavy (non-hydrogen) atoms. The molecule has 3 heterocycles. The van der Waals surface area contributed by atoms with Crippen LogP contribution in [0.15, 0.2) is 449 Å². The minimum absolute atomic E-state index is 0.0113. The predicted molar refractivity (Wildman–Crippen MR) is 535 cm³/mol. The van der Waals surface area contributed by atoms with Crippen LogP contribution in [0.3, 0.4) is 0 Å². The Morgan fingerprint density at radius 2 is 0.326 bits per heavy atom. The fourth-order valence-electron chi connectivity index (χ4n) is 19.4. The third-order valence-corrected chi connectivity index (χ3v) is 26.2. The molecule has 0 unspecified atom stereocenters. The van der Waals surface area contributed by atoms with Crippen molar-refractivity contribution >= 4 is 0 Å². The lowest BCUT2D eigenvalue weighted by molar-refractivity contribution is 0.660. The van der Waals surface area contributed by atoms with Gasteiger partial charge in [0.05, 0.1) is 34.2 Å². The van der Waals surface area contributed by atoms with E-state index >= 15 is 0 Å². The van der Waals surface area contributed by atoms with Crippen LogP contribution in [0.2, 0.25) is 0 Å². The molecule has 6 nitrogen and oxygen atoms in total. The zero-order chi connectivity index (χ0) is 87.2. The second kappa shape index (κ2) is 33.8. The maximum atomic E-state index is 5.06. The van der Waals surface area contributed by atoms with E-state index in [9.17, 15) is 0 Å². The van der Waals surface area contributed by atoms with Crippen molar-refractivity contribution in [2.45, 2.75) is 57.8 Å². The normalized spacial score (nSPS) is 12.9. The summed E-state index contributed by atoms with van der Waals surface area (Å²) >= 11 is 0. The first kappa shape index (κ1) is 80.1. The first-order valence-corrected chi connectivity index (χ1v) is 44.5. The van der Waals surface area contributed by atoms with E-state index < -0.39 is 0 Å². The molecule has 20 aromatic rings. The molecule has 614 valence electrons. The van der Waals surface area contributed by atoms with Gasteiger partial charge in [-0.1, -0.05) is 454 Å². The smallest absolute Gasteiger partial charge is 0.160 e. The van der Waals surface area contributed by atoms with E-state index in [2.05, 4.69) is 406 Å². The molecule has 23 rings (SSSR count). The lowest BCUT2D eigenvalue weighted by Gasteiger charge is -2.21. The Morgan fingerprint density at radius 1 is 0.132 bits per heavy atom. The first-order chi connectivity index (χ1) is 63.2. The molecule has 3 aromatic heterocycles. The van der Waals surface area contributed by atoms with Crippen molar-refractivity contribution < 1.29 is 0 Å². The first-order valence-electron chi connectivity index (χ1n) is 44.5. The van der Waals surface area contributed by atoms with Crippen molar-refractivity contribution in [3.8, 4) is 191 Å². The van der Waals surface area contributed by atoms with Gasteiger partial charge in [0.2, 0.25) is 0 Å². The van der Waals surface area contributed by atoms with Gasteiger partial charge in [-0.05, 0) is 159 Å².